The molecular weight excluding hydrogens is 274 g/mol. The predicted octanol–water partition coefficient (Wildman–Crippen LogP) is 3.04. The van der Waals surface area contributed by atoms with Crippen LogP contribution < -0.4 is 0 Å². The maximum atomic E-state index is 9.23. The van der Waals surface area contributed by atoms with Crippen molar-refractivity contribution in [3.8, 4) is 6.07 Å². The number of aromatic nitrogens is 2. The van der Waals surface area contributed by atoms with Crippen molar-refractivity contribution in [3.05, 3.63) is 29.6 Å². The van der Waals surface area contributed by atoms with Gasteiger partial charge in [0.1, 0.15) is 17.4 Å². The summed E-state index contributed by atoms with van der Waals surface area (Å²) in [5.74, 6) is 1.51. The van der Waals surface area contributed by atoms with Crippen LogP contribution in [0, 0.1) is 11.3 Å². The fraction of sp³-hybridized carbons (Fsp3) is 0.467. The molecule has 1 aliphatic rings. The third-order valence-corrected chi connectivity index (χ3v) is 3.98. The number of hydrogen-bond donors (Lipinski definition) is 0. The minimum Gasteiger partial charge on any atom is -0.381 e. The van der Waals surface area contributed by atoms with Crippen LogP contribution in [0.5, 0.6) is 0 Å². The lowest BCUT2D eigenvalue weighted by Gasteiger charge is -2.25. The number of nitriles is 1. The van der Waals surface area contributed by atoms with Gasteiger partial charge in [-0.15, -0.1) is 11.6 Å². The molecule has 1 aliphatic heterocycles. The van der Waals surface area contributed by atoms with E-state index in [2.05, 4.69) is 15.6 Å². The van der Waals surface area contributed by atoms with Crippen LogP contribution in [0.25, 0.3) is 11.0 Å². The molecule has 0 aliphatic carbocycles. The second-order valence-electron chi connectivity index (χ2n) is 4.97. The summed E-state index contributed by atoms with van der Waals surface area (Å²) in [5, 5.41) is 9.23. The van der Waals surface area contributed by atoms with E-state index < -0.39 is 0 Å². The quantitative estimate of drug-likeness (QED) is 0.816. The van der Waals surface area contributed by atoms with Gasteiger partial charge >= 0.3 is 0 Å². The molecular formula is C15H16ClN3O. The average molecular weight is 290 g/mol. The Bertz CT molecular complexity index is 653. The van der Waals surface area contributed by atoms with Gasteiger partial charge in [-0.3, -0.25) is 0 Å². The fourth-order valence-corrected chi connectivity index (χ4v) is 3.04. The normalized spacial score (nSPS) is 16.4. The van der Waals surface area contributed by atoms with Gasteiger partial charge in [0.2, 0.25) is 0 Å². The first-order chi connectivity index (χ1) is 9.85. The van der Waals surface area contributed by atoms with Gasteiger partial charge in [-0.05, 0) is 25.0 Å². The smallest absolute Gasteiger partial charge is 0.111 e. The summed E-state index contributed by atoms with van der Waals surface area (Å²) in [7, 11) is 0. The highest BCUT2D eigenvalue weighted by Gasteiger charge is 2.22. The SMILES string of the molecule is N#Cc1cccc2c1nc(CCCl)n2C1CCOCC1. The lowest BCUT2D eigenvalue weighted by Crippen LogP contribution is -2.21. The summed E-state index contributed by atoms with van der Waals surface area (Å²) in [6, 6.07) is 8.38. The summed E-state index contributed by atoms with van der Waals surface area (Å²) in [4.78, 5) is 4.66. The van der Waals surface area contributed by atoms with Crippen molar-refractivity contribution in [1.82, 2.24) is 9.55 Å². The number of rotatable bonds is 3. The molecule has 5 heteroatoms. The summed E-state index contributed by atoms with van der Waals surface area (Å²) in [6.07, 6.45) is 2.69. The molecule has 104 valence electrons. The van der Waals surface area contributed by atoms with E-state index in [9.17, 15) is 5.26 Å². The number of aryl methyl sites for hydroxylation is 1. The third kappa shape index (κ3) is 2.28. The zero-order valence-corrected chi connectivity index (χ0v) is 11.9. The number of imidazole rings is 1. The molecule has 0 amide bonds. The number of hydrogen-bond acceptors (Lipinski definition) is 3. The molecule has 0 spiro atoms. The zero-order valence-electron chi connectivity index (χ0n) is 11.2. The van der Waals surface area contributed by atoms with Gasteiger partial charge < -0.3 is 9.30 Å². The lowest BCUT2D eigenvalue weighted by atomic mass is 10.1. The Balaban J connectivity index is 2.16. The van der Waals surface area contributed by atoms with Crippen molar-refractivity contribution in [2.24, 2.45) is 0 Å². The van der Waals surface area contributed by atoms with Crippen LogP contribution in [-0.4, -0.2) is 28.6 Å². The van der Waals surface area contributed by atoms with E-state index in [1.165, 1.54) is 0 Å². The summed E-state index contributed by atoms with van der Waals surface area (Å²) in [6.45, 7) is 1.56. The Morgan fingerprint density at radius 1 is 1.40 bits per heavy atom. The van der Waals surface area contributed by atoms with Crippen LogP contribution in [0.2, 0.25) is 0 Å². The summed E-state index contributed by atoms with van der Waals surface area (Å²) >= 11 is 5.91. The van der Waals surface area contributed by atoms with Crippen LogP contribution in [0.3, 0.4) is 0 Å². The molecule has 0 saturated carbocycles. The van der Waals surface area contributed by atoms with Gasteiger partial charge in [-0.1, -0.05) is 6.07 Å². The van der Waals surface area contributed by atoms with E-state index in [0.717, 1.165) is 49.3 Å². The van der Waals surface area contributed by atoms with Crippen LogP contribution >= 0.6 is 11.6 Å². The lowest BCUT2D eigenvalue weighted by molar-refractivity contribution is 0.0699. The van der Waals surface area contributed by atoms with E-state index >= 15 is 0 Å². The molecule has 0 N–H and O–H groups in total. The molecule has 1 saturated heterocycles. The van der Waals surface area contributed by atoms with Crippen molar-refractivity contribution >= 4 is 22.6 Å². The van der Waals surface area contributed by atoms with E-state index in [1.807, 2.05) is 18.2 Å². The first kappa shape index (κ1) is 13.4. The van der Waals surface area contributed by atoms with Gasteiger partial charge in [-0.25, -0.2) is 4.98 Å². The predicted molar refractivity (Wildman–Crippen MR) is 78.0 cm³/mol. The van der Waals surface area contributed by atoms with Crippen LogP contribution in [-0.2, 0) is 11.2 Å². The van der Waals surface area contributed by atoms with Gasteiger partial charge in [0, 0.05) is 31.6 Å². The van der Waals surface area contributed by atoms with Crippen LogP contribution in [0.15, 0.2) is 18.2 Å². The summed E-state index contributed by atoms with van der Waals surface area (Å²) < 4.78 is 7.71. The Hall–Kier alpha value is -1.57. The van der Waals surface area contributed by atoms with Gasteiger partial charge in [0.25, 0.3) is 0 Å². The first-order valence-electron chi connectivity index (χ1n) is 6.88. The Morgan fingerprint density at radius 3 is 2.90 bits per heavy atom. The van der Waals surface area contributed by atoms with E-state index in [-0.39, 0.29) is 0 Å². The largest absolute Gasteiger partial charge is 0.381 e. The molecule has 2 heterocycles. The minimum absolute atomic E-state index is 0.390. The Kier molecular flexibility index (Phi) is 3.90. The monoisotopic (exact) mass is 289 g/mol. The molecule has 0 atom stereocenters. The Labute approximate surface area is 122 Å². The fourth-order valence-electron chi connectivity index (χ4n) is 2.87. The average Bonchev–Trinajstić information content (AvgIpc) is 2.86. The van der Waals surface area contributed by atoms with E-state index in [1.54, 1.807) is 0 Å². The second-order valence-corrected chi connectivity index (χ2v) is 5.34. The molecule has 1 aromatic carbocycles. The van der Waals surface area contributed by atoms with Crippen molar-refractivity contribution in [3.63, 3.8) is 0 Å². The second kappa shape index (κ2) is 5.82. The number of alkyl halides is 1. The standard InChI is InChI=1S/C15H16ClN3O/c16-7-4-14-18-15-11(10-17)2-1-3-13(15)19(14)12-5-8-20-9-6-12/h1-3,12H,4-9H2. The maximum Gasteiger partial charge on any atom is 0.111 e. The van der Waals surface area contributed by atoms with Crippen LogP contribution in [0.4, 0.5) is 0 Å². The van der Waals surface area contributed by atoms with Gasteiger partial charge in [0.15, 0.2) is 0 Å². The number of fused-ring (bicyclic) bond motifs is 1. The molecule has 1 aromatic heterocycles. The molecule has 0 radical (unpaired) electrons. The molecule has 20 heavy (non-hydrogen) atoms. The topological polar surface area (TPSA) is 50.8 Å². The number of halogens is 1. The molecule has 3 rings (SSSR count). The molecule has 2 aromatic rings. The highest BCUT2D eigenvalue weighted by atomic mass is 35.5. The van der Waals surface area contributed by atoms with Crippen molar-refractivity contribution in [2.75, 3.05) is 19.1 Å². The number of ether oxygens (including phenoxy) is 1. The van der Waals surface area contributed by atoms with Crippen molar-refractivity contribution < 1.29 is 4.74 Å². The highest BCUT2D eigenvalue weighted by Crippen LogP contribution is 2.29. The first-order valence-corrected chi connectivity index (χ1v) is 7.42. The molecule has 0 unspecified atom stereocenters. The third-order valence-electron chi connectivity index (χ3n) is 3.79. The minimum atomic E-state index is 0.390. The van der Waals surface area contributed by atoms with E-state index in [4.69, 9.17) is 16.3 Å². The van der Waals surface area contributed by atoms with Crippen LogP contribution in [0.1, 0.15) is 30.3 Å². The Morgan fingerprint density at radius 2 is 2.20 bits per heavy atom. The summed E-state index contributed by atoms with van der Waals surface area (Å²) in [5.41, 5.74) is 2.46. The highest BCUT2D eigenvalue weighted by molar-refractivity contribution is 6.17. The zero-order chi connectivity index (χ0) is 13.9. The number of nitrogens with zero attached hydrogens (tertiary/aromatic N) is 3. The van der Waals surface area contributed by atoms with Gasteiger partial charge in [-0.2, -0.15) is 5.26 Å². The molecule has 4 nitrogen and oxygen atoms in total. The van der Waals surface area contributed by atoms with E-state index in [0.29, 0.717) is 17.5 Å². The van der Waals surface area contributed by atoms with Crippen molar-refractivity contribution in [1.29, 1.82) is 5.26 Å². The maximum absolute atomic E-state index is 9.23. The molecule has 1 fully saturated rings. The van der Waals surface area contributed by atoms with Crippen molar-refractivity contribution in [2.45, 2.75) is 25.3 Å². The van der Waals surface area contributed by atoms with Gasteiger partial charge in [0.05, 0.1) is 11.1 Å². The number of benzene rings is 1. The number of para-hydroxylation sites is 1. The molecule has 0 bridgehead atoms.